The zero-order valence-electron chi connectivity index (χ0n) is 10.4. The Morgan fingerprint density at radius 1 is 1.11 bits per heavy atom. The van der Waals surface area contributed by atoms with Crippen LogP contribution in [0.2, 0.25) is 0 Å². The van der Waals surface area contributed by atoms with Crippen molar-refractivity contribution in [3.05, 3.63) is 59.0 Å². The van der Waals surface area contributed by atoms with Gasteiger partial charge in [-0.25, -0.2) is 0 Å². The fourth-order valence-electron chi connectivity index (χ4n) is 2.15. The number of aryl methyl sites for hydroxylation is 1. The topological polar surface area (TPSA) is 41.6 Å². The summed E-state index contributed by atoms with van der Waals surface area (Å²) in [4.78, 5) is 4.11. The van der Waals surface area contributed by atoms with Crippen LogP contribution < -0.4 is 0 Å². The standard InChI is InChI=1S/C15H12BrN3/c1-10-14(12-7-8-17-9-13(12)16)15(19-18-10)11-5-3-2-4-6-11/h2-9H,1H3,(H,18,19). The lowest BCUT2D eigenvalue weighted by atomic mass is 10.0. The van der Waals surface area contributed by atoms with Crippen molar-refractivity contribution >= 4 is 15.9 Å². The zero-order valence-corrected chi connectivity index (χ0v) is 12.0. The summed E-state index contributed by atoms with van der Waals surface area (Å²) < 4.78 is 0.969. The molecule has 0 saturated carbocycles. The molecule has 0 unspecified atom stereocenters. The van der Waals surface area contributed by atoms with Crippen molar-refractivity contribution in [3.8, 4) is 22.4 Å². The summed E-state index contributed by atoms with van der Waals surface area (Å²) in [6, 6.07) is 12.2. The number of hydrogen-bond donors (Lipinski definition) is 1. The van der Waals surface area contributed by atoms with Crippen LogP contribution in [0.15, 0.2) is 53.3 Å². The zero-order chi connectivity index (χ0) is 13.2. The smallest absolute Gasteiger partial charge is 0.0731 e. The Balaban J connectivity index is 2.23. The first-order valence-corrected chi connectivity index (χ1v) is 6.77. The maximum absolute atomic E-state index is 4.34. The van der Waals surface area contributed by atoms with Crippen molar-refractivity contribution in [3.63, 3.8) is 0 Å². The van der Waals surface area contributed by atoms with E-state index in [1.807, 2.05) is 31.2 Å². The maximum Gasteiger partial charge on any atom is 0.0731 e. The third-order valence-corrected chi connectivity index (χ3v) is 3.68. The molecule has 0 fully saturated rings. The summed E-state index contributed by atoms with van der Waals surface area (Å²) in [7, 11) is 0. The Kier molecular flexibility index (Phi) is 3.17. The number of hydrogen-bond acceptors (Lipinski definition) is 2. The average Bonchev–Trinajstić information content (AvgIpc) is 2.82. The summed E-state index contributed by atoms with van der Waals surface area (Å²) in [5.74, 6) is 0. The molecule has 0 radical (unpaired) electrons. The van der Waals surface area contributed by atoms with Gasteiger partial charge >= 0.3 is 0 Å². The number of nitrogens with one attached hydrogen (secondary N) is 1. The van der Waals surface area contributed by atoms with Crippen LogP contribution in [0.25, 0.3) is 22.4 Å². The van der Waals surface area contributed by atoms with Gasteiger partial charge in [0, 0.05) is 33.6 Å². The Morgan fingerprint density at radius 3 is 2.63 bits per heavy atom. The minimum absolute atomic E-state index is 0.969. The van der Waals surface area contributed by atoms with E-state index in [4.69, 9.17) is 0 Å². The predicted octanol–water partition coefficient (Wildman–Crippen LogP) is 4.21. The van der Waals surface area contributed by atoms with Crippen LogP contribution in [0.5, 0.6) is 0 Å². The van der Waals surface area contributed by atoms with E-state index in [-0.39, 0.29) is 0 Å². The van der Waals surface area contributed by atoms with Crippen molar-refractivity contribution in [2.75, 3.05) is 0 Å². The molecular weight excluding hydrogens is 302 g/mol. The van der Waals surface area contributed by atoms with E-state index in [1.165, 1.54) is 0 Å². The average molecular weight is 314 g/mol. The van der Waals surface area contributed by atoms with E-state index in [2.05, 4.69) is 43.2 Å². The van der Waals surface area contributed by atoms with Gasteiger partial charge in [0.15, 0.2) is 0 Å². The molecule has 0 spiro atoms. The molecule has 0 amide bonds. The first-order chi connectivity index (χ1) is 9.27. The van der Waals surface area contributed by atoms with Crippen LogP contribution in [0, 0.1) is 6.92 Å². The molecule has 3 rings (SSSR count). The summed E-state index contributed by atoms with van der Waals surface area (Å²) in [5.41, 5.74) is 5.35. The molecule has 3 aromatic rings. The normalized spacial score (nSPS) is 10.6. The van der Waals surface area contributed by atoms with Gasteiger partial charge in [0.05, 0.1) is 11.4 Å². The van der Waals surface area contributed by atoms with Gasteiger partial charge in [-0.1, -0.05) is 30.3 Å². The number of nitrogens with zero attached hydrogens (tertiary/aromatic N) is 2. The third-order valence-electron chi connectivity index (χ3n) is 3.05. The van der Waals surface area contributed by atoms with Gasteiger partial charge in [-0.15, -0.1) is 0 Å². The van der Waals surface area contributed by atoms with E-state index in [0.717, 1.165) is 32.6 Å². The molecule has 1 N–H and O–H groups in total. The molecule has 0 aliphatic rings. The second-order valence-electron chi connectivity index (χ2n) is 4.28. The summed E-state index contributed by atoms with van der Waals surface area (Å²) in [6.45, 7) is 2.01. The number of rotatable bonds is 2. The highest BCUT2D eigenvalue weighted by Crippen LogP contribution is 2.36. The molecule has 4 heteroatoms. The summed E-state index contributed by atoms with van der Waals surface area (Å²) in [6.07, 6.45) is 3.60. The highest BCUT2D eigenvalue weighted by atomic mass is 79.9. The number of aromatic nitrogens is 3. The van der Waals surface area contributed by atoms with Crippen molar-refractivity contribution in [1.82, 2.24) is 15.2 Å². The third kappa shape index (κ3) is 2.19. The molecule has 2 aromatic heterocycles. The van der Waals surface area contributed by atoms with Gasteiger partial charge in [0.25, 0.3) is 0 Å². The van der Waals surface area contributed by atoms with Crippen LogP contribution in [0.4, 0.5) is 0 Å². The molecule has 0 bridgehead atoms. The van der Waals surface area contributed by atoms with E-state index in [0.29, 0.717) is 0 Å². The molecule has 19 heavy (non-hydrogen) atoms. The number of halogens is 1. The molecule has 3 nitrogen and oxygen atoms in total. The molecule has 0 aliphatic heterocycles. The second kappa shape index (κ2) is 4.97. The minimum Gasteiger partial charge on any atom is -0.277 e. The van der Waals surface area contributed by atoms with Crippen molar-refractivity contribution in [2.45, 2.75) is 6.92 Å². The fraction of sp³-hybridized carbons (Fsp3) is 0.0667. The van der Waals surface area contributed by atoms with Crippen LogP contribution in [0.1, 0.15) is 5.69 Å². The van der Waals surface area contributed by atoms with Crippen LogP contribution >= 0.6 is 15.9 Å². The van der Waals surface area contributed by atoms with E-state index >= 15 is 0 Å². The lowest BCUT2D eigenvalue weighted by molar-refractivity contribution is 1.05. The first kappa shape index (κ1) is 12.1. The lowest BCUT2D eigenvalue weighted by Gasteiger charge is -2.06. The van der Waals surface area contributed by atoms with Crippen molar-refractivity contribution < 1.29 is 0 Å². The highest BCUT2D eigenvalue weighted by Gasteiger charge is 2.15. The van der Waals surface area contributed by atoms with Gasteiger partial charge in [0.2, 0.25) is 0 Å². The first-order valence-electron chi connectivity index (χ1n) is 5.97. The van der Waals surface area contributed by atoms with E-state index < -0.39 is 0 Å². The number of H-pyrrole nitrogens is 1. The number of benzene rings is 1. The van der Waals surface area contributed by atoms with E-state index in [1.54, 1.807) is 12.4 Å². The second-order valence-corrected chi connectivity index (χ2v) is 5.13. The lowest BCUT2D eigenvalue weighted by Crippen LogP contribution is -1.86. The maximum atomic E-state index is 4.34. The molecule has 1 aromatic carbocycles. The molecule has 0 saturated heterocycles. The van der Waals surface area contributed by atoms with Gasteiger partial charge in [0.1, 0.15) is 0 Å². The summed E-state index contributed by atoms with van der Waals surface area (Å²) in [5, 5.41) is 7.47. The SMILES string of the molecule is Cc1n[nH]c(-c2ccccc2)c1-c1ccncc1Br. The highest BCUT2D eigenvalue weighted by molar-refractivity contribution is 9.10. The quantitative estimate of drug-likeness (QED) is 0.770. The molecule has 0 atom stereocenters. The van der Waals surface area contributed by atoms with Crippen molar-refractivity contribution in [2.24, 2.45) is 0 Å². The Bertz CT molecular complexity index is 704. The van der Waals surface area contributed by atoms with Gasteiger partial charge < -0.3 is 0 Å². The van der Waals surface area contributed by atoms with Crippen LogP contribution in [-0.2, 0) is 0 Å². The Hall–Kier alpha value is -1.94. The van der Waals surface area contributed by atoms with Gasteiger partial charge in [-0.2, -0.15) is 5.10 Å². The van der Waals surface area contributed by atoms with Gasteiger partial charge in [-0.3, -0.25) is 10.1 Å². The predicted molar refractivity (Wildman–Crippen MR) is 79.7 cm³/mol. The Labute approximate surface area is 119 Å². The van der Waals surface area contributed by atoms with Crippen LogP contribution in [0.3, 0.4) is 0 Å². The van der Waals surface area contributed by atoms with Crippen LogP contribution in [-0.4, -0.2) is 15.2 Å². The Morgan fingerprint density at radius 2 is 1.89 bits per heavy atom. The summed E-state index contributed by atoms with van der Waals surface area (Å²) >= 11 is 3.55. The molecule has 0 aliphatic carbocycles. The number of aromatic amines is 1. The molecule has 94 valence electrons. The minimum atomic E-state index is 0.969. The fourth-order valence-corrected chi connectivity index (χ4v) is 2.60. The van der Waals surface area contributed by atoms with Crippen molar-refractivity contribution in [1.29, 1.82) is 0 Å². The number of pyridine rings is 1. The van der Waals surface area contributed by atoms with Gasteiger partial charge in [-0.05, 0) is 28.9 Å². The monoisotopic (exact) mass is 313 g/mol. The molecule has 2 heterocycles. The molecular formula is C15H12BrN3. The largest absolute Gasteiger partial charge is 0.277 e. The van der Waals surface area contributed by atoms with E-state index in [9.17, 15) is 0 Å².